The minimum absolute atomic E-state index is 0.158. The van der Waals surface area contributed by atoms with Crippen molar-refractivity contribution in [1.82, 2.24) is 19.7 Å². The topological polar surface area (TPSA) is 63.6 Å². The van der Waals surface area contributed by atoms with E-state index in [1.807, 2.05) is 30.3 Å². The molecular weight excluding hydrogens is 228 g/mol. The molecule has 0 spiro atoms. The summed E-state index contributed by atoms with van der Waals surface area (Å²) < 4.78 is 1.37. The summed E-state index contributed by atoms with van der Waals surface area (Å²) in [5.41, 5.74) is 1.55. The van der Waals surface area contributed by atoms with E-state index >= 15 is 0 Å². The van der Waals surface area contributed by atoms with E-state index in [1.165, 1.54) is 10.9 Å². The molecule has 1 N–H and O–H groups in total. The molecule has 0 saturated heterocycles. The zero-order chi connectivity index (χ0) is 12.4. The van der Waals surface area contributed by atoms with Gasteiger partial charge in [0.1, 0.15) is 0 Å². The van der Waals surface area contributed by atoms with Crippen LogP contribution in [0.2, 0.25) is 0 Å². The molecule has 0 saturated carbocycles. The Morgan fingerprint density at radius 1 is 1.11 bits per heavy atom. The van der Waals surface area contributed by atoms with E-state index in [1.54, 1.807) is 18.5 Å². The maximum Gasteiger partial charge on any atom is 0.273 e. The highest BCUT2D eigenvalue weighted by Crippen LogP contribution is 2.14. The van der Waals surface area contributed by atoms with Crippen molar-refractivity contribution in [3.05, 3.63) is 65.3 Å². The summed E-state index contributed by atoms with van der Waals surface area (Å²) in [4.78, 5) is 19.9. The summed E-state index contributed by atoms with van der Waals surface area (Å²) in [6, 6.07) is 11.2. The number of nitrogens with zero attached hydrogens (tertiary/aromatic N) is 3. The van der Waals surface area contributed by atoms with Gasteiger partial charge in [-0.2, -0.15) is 4.68 Å². The molecule has 2 heterocycles. The Labute approximate surface area is 103 Å². The van der Waals surface area contributed by atoms with Crippen molar-refractivity contribution in [3.63, 3.8) is 0 Å². The molecule has 0 amide bonds. The molecule has 0 fully saturated rings. The Balaban J connectivity index is 2.10. The van der Waals surface area contributed by atoms with Gasteiger partial charge in [0.25, 0.3) is 5.56 Å². The first-order chi connectivity index (χ1) is 8.84. The highest BCUT2D eigenvalue weighted by atomic mass is 16.1. The average molecular weight is 238 g/mol. The maximum absolute atomic E-state index is 11.9. The number of H-pyrrole nitrogens is 1. The predicted octanol–water partition coefficient (Wildman–Crippen LogP) is 1.62. The van der Waals surface area contributed by atoms with Crippen LogP contribution >= 0.6 is 0 Å². The highest BCUT2D eigenvalue weighted by Gasteiger charge is 2.07. The minimum Gasteiger partial charge on any atom is -0.289 e. The molecule has 0 aliphatic heterocycles. The number of benzene rings is 1. The third-order valence-corrected chi connectivity index (χ3v) is 2.58. The van der Waals surface area contributed by atoms with Crippen LogP contribution in [0.25, 0.3) is 17.1 Å². The van der Waals surface area contributed by atoms with Gasteiger partial charge in [-0.25, -0.2) is 4.98 Å². The van der Waals surface area contributed by atoms with Crippen molar-refractivity contribution in [3.8, 4) is 17.1 Å². The smallest absolute Gasteiger partial charge is 0.273 e. The van der Waals surface area contributed by atoms with E-state index in [4.69, 9.17) is 0 Å². The van der Waals surface area contributed by atoms with Gasteiger partial charge < -0.3 is 0 Å². The number of aromatic amines is 1. The van der Waals surface area contributed by atoms with Crippen LogP contribution in [0.5, 0.6) is 0 Å². The number of hydrogen-bond acceptors (Lipinski definition) is 3. The van der Waals surface area contributed by atoms with Gasteiger partial charge in [-0.15, -0.1) is 0 Å². The second-order valence-corrected chi connectivity index (χ2v) is 3.77. The van der Waals surface area contributed by atoms with Gasteiger partial charge >= 0.3 is 0 Å². The monoisotopic (exact) mass is 238 g/mol. The number of aromatic nitrogens is 4. The molecule has 0 radical (unpaired) electrons. The quantitative estimate of drug-likeness (QED) is 0.738. The van der Waals surface area contributed by atoms with Gasteiger partial charge in [-0.05, 0) is 5.56 Å². The molecule has 0 aliphatic carbocycles. The summed E-state index contributed by atoms with van der Waals surface area (Å²) in [5, 5.41) is 3.02. The summed E-state index contributed by atoms with van der Waals surface area (Å²) in [5.74, 6) is 0.477. The van der Waals surface area contributed by atoms with Gasteiger partial charge in [0.15, 0.2) is 5.82 Å². The van der Waals surface area contributed by atoms with Crippen LogP contribution in [0.3, 0.4) is 0 Å². The van der Waals surface area contributed by atoms with E-state index in [0.717, 1.165) is 11.3 Å². The lowest BCUT2D eigenvalue weighted by Gasteiger charge is -1.99. The van der Waals surface area contributed by atoms with Crippen LogP contribution in [0.15, 0.2) is 59.8 Å². The van der Waals surface area contributed by atoms with Crippen molar-refractivity contribution < 1.29 is 0 Å². The van der Waals surface area contributed by atoms with Gasteiger partial charge in [-0.3, -0.25) is 14.9 Å². The van der Waals surface area contributed by atoms with E-state index in [0.29, 0.717) is 5.82 Å². The maximum atomic E-state index is 11.9. The van der Waals surface area contributed by atoms with Crippen molar-refractivity contribution >= 4 is 0 Å². The predicted molar refractivity (Wildman–Crippen MR) is 67.4 cm³/mol. The lowest BCUT2D eigenvalue weighted by Crippen LogP contribution is -2.14. The van der Waals surface area contributed by atoms with Crippen LogP contribution < -0.4 is 5.56 Å². The summed E-state index contributed by atoms with van der Waals surface area (Å²) in [6.45, 7) is 0. The lowest BCUT2D eigenvalue weighted by molar-refractivity contribution is 0.813. The molecule has 1 aromatic carbocycles. The number of rotatable bonds is 2. The molecule has 2 aromatic heterocycles. The zero-order valence-electron chi connectivity index (χ0n) is 9.45. The summed E-state index contributed by atoms with van der Waals surface area (Å²) >= 11 is 0. The van der Waals surface area contributed by atoms with E-state index in [2.05, 4.69) is 15.1 Å². The van der Waals surface area contributed by atoms with Gasteiger partial charge in [0.2, 0.25) is 0 Å². The van der Waals surface area contributed by atoms with Crippen molar-refractivity contribution in [2.45, 2.75) is 0 Å². The first kappa shape index (κ1) is 10.5. The largest absolute Gasteiger partial charge is 0.289 e. The summed E-state index contributed by atoms with van der Waals surface area (Å²) in [6.07, 6.45) is 4.65. The van der Waals surface area contributed by atoms with E-state index < -0.39 is 0 Å². The van der Waals surface area contributed by atoms with Crippen LogP contribution in [-0.4, -0.2) is 19.7 Å². The molecular formula is C13H10N4O. The fourth-order valence-corrected chi connectivity index (χ4v) is 1.74. The Morgan fingerprint density at radius 3 is 2.67 bits per heavy atom. The molecule has 5 heteroatoms. The second kappa shape index (κ2) is 4.29. The second-order valence-electron chi connectivity index (χ2n) is 3.77. The third-order valence-electron chi connectivity index (χ3n) is 2.58. The molecule has 88 valence electrons. The molecule has 0 unspecified atom stereocenters. The standard InChI is InChI=1S/C13H10N4O/c18-13-8-11(10-4-2-1-3-5-10)16-17(13)12-9-14-6-7-15-12/h1-9,16H. The normalized spacial score (nSPS) is 10.4. The van der Waals surface area contributed by atoms with E-state index in [-0.39, 0.29) is 5.56 Å². The van der Waals surface area contributed by atoms with E-state index in [9.17, 15) is 4.79 Å². The van der Waals surface area contributed by atoms with Gasteiger partial charge in [0.05, 0.1) is 11.9 Å². The fraction of sp³-hybridized carbons (Fsp3) is 0. The zero-order valence-corrected chi connectivity index (χ0v) is 9.45. The highest BCUT2D eigenvalue weighted by molar-refractivity contribution is 5.58. The molecule has 3 rings (SSSR count). The molecule has 0 aliphatic rings. The van der Waals surface area contributed by atoms with Crippen molar-refractivity contribution in [2.75, 3.05) is 0 Å². The Kier molecular flexibility index (Phi) is 2.49. The molecule has 0 atom stereocenters. The Hall–Kier alpha value is -2.69. The Morgan fingerprint density at radius 2 is 1.94 bits per heavy atom. The first-order valence-electron chi connectivity index (χ1n) is 5.48. The number of nitrogens with one attached hydrogen (secondary N) is 1. The molecule has 0 bridgehead atoms. The van der Waals surface area contributed by atoms with Gasteiger partial charge in [-0.1, -0.05) is 30.3 Å². The lowest BCUT2D eigenvalue weighted by atomic mass is 10.2. The minimum atomic E-state index is -0.158. The third kappa shape index (κ3) is 1.82. The van der Waals surface area contributed by atoms with Gasteiger partial charge in [0, 0.05) is 18.5 Å². The Bertz CT molecular complexity index is 701. The summed E-state index contributed by atoms with van der Waals surface area (Å²) in [7, 11) is 0. The number of hydrogen-bond donors (Lipinski definition) is 1. The first-order valence-corrected chi connectivity index (χ1v) is 5.48. The fourth-order valence-electron chi connectivity index (χ4n) is 1.74. The van der Waals surface area contributed by atoms with Crippen LogP contribution in [-0.2, 0) is 0 Å². The molecule has 5 nitrogen and oxygen atoms in total. The van der Waals surface area contributed by atoms with Crippen LogP contribution in [0, 0.1) is 0 Å². The van der Waals surface area contributed by atoms with Crippen molar-refractivity contribution in [1.29, 1.82) is 0 Å². The van der Waals surface area contributed by atoms with Crippen LogP contribution in [0.1, 0.15) is 0 Å². The molecule has 3 aromatic rings. The average Bonchev–Trinajstić information content (AvgIpc) is 2.83. The molecule has 18 heavy (non-hydrogen) atoms. The van der Waals surface area contributed by atoms with Crippen LogP contribution in [0.4, 0.5) is 0 Å². The van der Waals surface area contributed by atoms with Crippen molar-refractivity contribution in [2.24, 2.45) is 0 Å². The SMILES string of the molecule is O=c1cc(-c2ccccc2)[nH]n1-c1cnccn1.